The zero-order chi connectivity index (χ0) is 13.1. The molecule has 0 heterocycles. The number of carboxylic acids is 1. The first-order chi connectivity index (χ1) is 7.91. The molecule has 1 rings (SSSR count). The van der Waals surface area contributed by atoms with Crippen molar-refractivity contribution in [3.8, 4) is 0 Å². The van der Waals surface area contributed by atoms with Crippen LogP contribution >= 0.6 is 0 Å². The van der Waals surface area contributed by atoms with E-state index in [0.29, 0.717) is 6.42 Å². The monoisotopic (exact) mass is 242 g/mol. The van der Waals surface area contributed by atoms with Gasteiger partial charge in [-0.1, -0.05) is 12.8 Å². The third-order valence-corrected chi connectivity index (χ3v) is 3.84. The minimum atomic E-state index is -0.832. The van der Waals surface area contributed by atoms with Crippen LogP contribution in [-0.4, -0.2) is 36.1 Å². The molecule has 3 unspecified atom stereocenters. The first-order valence-electron chi connectivity index (χ1n) is 6.13. The number of hydrogen-bond donors (Lipinski definition) is 3. The van der Waals surface area contributed by atoms with Crippen molar-refractivity contribution in [2.45, 2.75) is 51.6 Å². The molecule has 1 saturated carbocycles. The van der Waals surface area contributed by atoms with Gasteiger partial charge in [0.15, 0.2) is 0 Å². The minimum absolute atomic E-state index is 0.133. The minimum Gasteiger partial charge on any atom is -0.481 e. The largest absolute Gasteiger partial charge is 0.481 e. The molecule has 0 radical (unpaired) electrons. The van der Waals surface area contributed by atoms with E-state index in [1.54, 1.807) is 20.9 Å². The summed E-state index contributed by atoms with van der Waals surface area (Å²) in [6.07, 6.45) is 3.25. The molecular formula is C12H22N2O3. The van der Waals surface area contributed by atoms with E-state index in [4.69, 9.17) is 0 Å². The summed E-state index contributed by atoms with van der Waals surface area (Å²) in [5.74, 6) is -0.952. The third kappa shape index (κ3) is 2.97. The number of likely N-dealkylation sites (N-methyl/N-ethyl adjacent to an activating group) is 1. The van der Waals surface area contributed by atoms with E-state index in [0.717, 1.165) is 19.3 Å². The summed E-state index contributed by atoms with van der Waals surface area (Å²) in [6.45, 7) is 3.49. The highest BCUT2D eigenvalue weighted by Crippen LogP contribution is 2.36. The van der Waals surface area contributed by atoms with E-state index >= 15 is 0 Å². The van der Waals surface area contributed by atoms with Crippen LogP contribution in [-0.2, 0) is 9.59 Å². The van der Waals surface area contributed by atoms with Gasteiger partial charge in [0, 0.05) is 6.04 Å². The molecule has 5 nitrogen and oxygen atoms in total. The normalized spacial score (nSPS) is 30.6. The van der Waals surface area contributed by atoms with E-state index in [1.165, 1.54) is 0 Å². The Labute approximate surface area is 102 Å². The van der Waals surface area contributed by atoms with Crippen LogP contribution in [0, 0.1) is 5.41 Å². The fourth-order valence-corrected chi connectivity index (χ4v) is 2.25. The summed E-state index contributed by atoms with van der Waals surface area (Å²) < 4.78 is 0. The van der Waals surface area contributed by atoms with Crippen LogP contribution in [0.15, 0.2) is 0 Å². The number of nitrogens with one attached hydrogen (secondary N) is 2. The van der Waals surface area contributed by atoms with Crippen molar-refractivity contribution in [1.29, 1.82) is 0 Å². The summed E-state index contributed by atoms with van der Waals surface area (Å²) in [6, 6.07) is -0.563. The second-order valence-corrected chi connectivity index (χ2v) is 5.04. The lowest BCUT2D eigenvalue weighted by molar-refractivity contribution is -0.152. The van der Waals surface area contributed by atoms with Gasteiger partial charge < -0.3 is 15.7 Å². The van der Waals surface area contributed by atoms with Gasteiger partial charge in [-0.25, -0.2) is 0 Å². The van der Waals surface area contributed by atoms with E-state index < -0.39 is 11.4 Å². The molecule has 3 atom stereocenters. The number of rotatable bonds is 4. The molecular weight excluding hydrogens is 220 g/mol. The molecule has 5 heteroatoms. The second-order valence-electron chi connectivity index (χ2n) is 5.04. The van der Waals surface area contributed by atoms with Gasteiger partial charge in [-0.05, 0) is 33.7 Å². The van der Waals surface area contributed by atoms with Crippen LogP contribution in [0.1, 0.15) is 39.5 Å². The van der Waals surface area contributed by atoms with Crippen LogP contribution < -0.4 is 10.6 Å². The SMILES string of the molecule is CNC(C)C(=O)NC1CCCCC1(C)C(=O)O. The molecule has 3 N–H and O–H groups in total. The van der Waals surface area contributed by atoms with Gasteiger partial charge >= 0.3 is 5.97 Å². The van der Waals surface area contributed by atoms with Crippen molar-refractivity contribution < 1.29 is 14.7 Å². The van der Waals surface area contributed by atoms with Crippen molar-refractivity contribution in [2.75, 3.05) is 7.05 Å². The summed E-state index contributed by atoms with van der Waals surface area (Å²) in [5.41, 5.74) is -0.832. The predicted molar refractivity (Wildman–Crippen MR) is 64.7 cm³/mol. The summed E-state index contributed by atoms with van der Waals surface area (Å²) in [5, 5.41) is 15.0. The smallest absolute Gasteiger partial charge is 0.311 e. The van der Waals surface area contributed by atoms with Gasteiger partial charge in [0.05, 0.1) is 11.5 Å². The fraction of sp³-hybridized carbons (Fsp3) is 0.833. The van der Waals surface area contributed by atoms with E-state index in [2.05, 4.69) is 10.6 Å². The Bertz CT molecular complexity index is 306. The van der Waals surface area contributed by atoms with Crippen LogP contribution in [0.4, 0.5) is 0 Å². The highest BCUT2D eigenvalue weighted by Gasteiger charge is 2.44. The lowest BCUT2D eigenvalue weighted by Gasteiger charge is -2.38. The summed E-state index contributed by atoms with van der Waals surface area (Å²) >= 11 is 0. The Balaban J connectivity index is 2.73. The lowest BCUT2D eigenvalue weighted by Crippen LogP contribution is -2.55. The third-order valence-electron chi connectivity index (χ3n) is 3.84. The molecule has 17 heavy (non-hydrogen) atoms. The van der Waals surface area contributed by atoms with Crippen molar-refractivity contribution in [2.24, 2.45) is 5.41 Å². The molecule has 0 aromatic carbocycles. The lowest BCUT2D eigenvalue weighted by atomic mass is 9.71. The molecule has 1 aliphatic carbocycles. The van der Waals surface area contributed by atoms with Gasteiger partial charge in [0.2, 0.25) is 5.91 Å². The maximum atomic E-state index is 11.8. The number of hydrogen-bond acceptors (Lipinski definition) is 3. The fourth-order valence-electron chi connectivity index (χ4n) is 2.25. The van der Waals surface area contributed by atoms with Crippen LogP contribution in [0.3, 0.4) is 0 Å². The Morgan fingerprint density at radius 2 is 2.06 bits per heavy atom. The molecule has 0 aromatic rings. The zero-order valence-electron chi connectivity index (χ0n) is 10.7. The maximum Gasteiger partial charge on any atom is 0.311 e. The standard InChI is InChI=1S/C12H22N2O3/c1-8(13-3)10(15)14-9-6-4-5-7-12(9,2)11(16)17/h8-9,13H,4-7H2,1-3H3,(H,14,15)(H,16,17). The Morgan fingerprint density at radius 1 is 1.41 bits per heavy atom. The first kappa shape index (κ1) is 14.0. The summed E-state index contributed by atoms with van der Waals surface area (Å²) in [7, 11) is 1.71. The van der Waals surface area contributed by atoms with Gasteiger partial charge in [0.1, 0.15) is 0 Å². The van der Waals surface area contributed by atoms with E-state index in [9.17, 15) is 14.7 Å². The number of carbonyl (C=O) groups is 2. The van der Waals surface area contributed by atoms with Gasteiger partial charge in [-0.3, -0.25) is 9.59 Å². The van der Waals surface area contributed by atoms with Gasteiger partial charge in [-0.15, -0.1) is 0 Å². The number of carboxylic acid groups (broad SMARTS) is 1. The average molecular weight is 242 g/mol. The topological polar surface area (TPSA) is 78.4 Å². The quantitative estimate of drug-likeness (QED) is 0.679. The number of aliphatic carboxylic acids is 1. The molecule has 1 fully saturated rings. The molecule has 1 amide bonds. The Kier molecular flexibility index (Phi) is 4.51. The predicted octanol–water partition coefficient (Wildman–Crippen LogP) is 0.744. The van der Waals surface area contributed by atoms with Crippen molar-refractivity contribution in [3.63, 3.8) is 0 Å². The number of amides is 1. The molecule has 98 valence electrons. The second kappa shape index (κ2) is 5.49. The molecule has 0 saturated heterocycles. The van der Waals surface area contributed by atoms with Crippen LogP contribution in [0.25, 0.3) is 0 Å². The molecule has 0 spiro atoms. The van der Waals surface area contributed by atoms with Crippen molar-refractivity contribution >= 4 is 11.9 Å². The summed E-state index contributed by atoms with van der Waals surface area (Å²) in [4.78, 5) is 23.1. The van der Waals surface area contributed by atoms with Crippen molar-refractivity contribution in [1.82, 2.24) is 10.6 Å². The highest BCUT2D eigenvalue weighted by molar-refractivity contribution is 5.83. The maximum absolute atomic E-state index is 11.8. The Morgan fingerprint density at radius 3 is 2.59 bits per heavy atom. The molecule has 0 bridgehead atoms. The van der Waals surface area contributed by atoms with E-state index in [-0.39, 0.29) is 18.0 Å². The van der Waals surface area contributed by atoms with Gasteiger partial charge in [0.25, 0.3) is 0 Å². The number of carbonyl (C=O) groups excluding carboxylic acids is 1. The van der Waals surface area contributed by atoms with Crippen LogP contribution in [0.5, 0.6) is 0 Å². The highest BCUT2D eigenvalue weighted by atomic mass is 16.4. The van der Waals surface area contributed by atoms with Gasteiger partial charge in [-0.2, -0.15) is 0 Å². The first-order valence-corrected chi connectivity index (χ1v) is 6.13. The Hall–Kier alpha value is -1.10. The van der Waals surface area contributed by atoms with Crippen molar-refractivity contribution in [3.05, 3.63) is 0 Å². The van der Waals surface area contributed by atoms with Crippen LogP contribution in [0.2, 0.25) is 0 Å². The molecule has 0 aliphatic heterocycles. The zero-order valence-corrected chi connectivity index (χ0v) is 10.7. The average Bonchev–Trinajstić information content (AvgIpc) is 2.30. The molecule has 0 aromatic heterocycles. The molecule has 1 aliphatic rings. The van der Waals surface area contributed by atoms with E-state index in [1.807, 2.05) is 0 Å².